The molecule has 0 spiro atoms. The maximum absolute atomic E-state index is 13.1. The fraction of sp³-hybridized carbons (Fsp3) is 0.200. The minimum absolute atomic E-state index is 0.192. The normalized spacial score (nSPS) is 12.5. The number of anilines is 1. The lowest BCUT2D eigenvalue weighted by atomic mass is 10.1. The highest BCUT2D eigenvalue weighted by atomic mass is 19.1. The van der Waals surface area contributed by atoms with E-state index in [1.54, 1.807) is 24.3 Å². The molecule has 2 N–H and O–H groups in total. The van der Waals surface area contributed by atoms with E-state index in [4.69, 9.17) is 4.74 Å². The summed E-state index contributed by atoms with van der Waals surface area (Å²) in [5, 5.41) is 5.75. The van der Waals surface area contributed by atoms with E-state index >= 15 is 0 Å². The van der Waals surface area contributed by atoms with Gasteiger partial charge in [-0.05, 0) is 55.3 Å². The van der Waals surface area contributed by atoms with Gasteiger partial charge in [-0.25, -0.2) is 4.39 Å². The number of carbonyl (C=O) groups excluding carboxylic acids is 2. The van der Waals surface area contributed by atoms with Gasteiger partial charge in [-0.2, -0.15) is 0 Å². The number of carbonyl (C=O) groups is 2. The quantitative estimate of drug-likeness (QED) is 0.532. The third-order valence-electron chi connectivity index (χ3n) is 4.83. The molecule has 0 saturated heterocycles. The van der Waals surface area contributed by atoms with Crippen molar-refractivity contribution in [2.24, 2.45) is 0 Å². The van der Waals surface area contributed by atoms with Crippen molar-refractivity contribution in [3.63, 3.8) is 0 Å². The van der Waals surface area contributed by atoms with Crippen molar-refractivity contribution in [3.8, 4) is 5.75 Å². The minimum atomic E-state index is -0.787. The van der Waals surface area contributed by atoms with Crippen molar-refractivity contribution in [2.75, 3.05) is 5.32 Å². The molecule has 0 fully saturated rings. The van der Waals surface area contributed by atoms with Gasteiger partial charge in [0.15, 0.2) is 6.10 Å². The van der Waals surface area contributed by atoms with E-state index in [2.05, 4.69) is 10.6 Å². The van der Waals surface area contributed by atoms with Gasteiger partial charge >= 0.3 is 0 Å². The third-order valence-corrected chi connectivity index (χ3v) is 4.83. The van der Waals surface area contributed by atoms with Gasteiger partial charge in [0, 0.05) is 0 Å². The van der Waals surface area contributed by atoms with Crippen LogP contribution in [0.25, 0.3) is 0 Å². The van der Waals surface area contributed by atoms with Crippen LogP contribution >= 0.6 is 0 Å². The number of rotatable bonds is 8. The van der Waals surface area contributed by atoms with Gasteiger partial charge in [0.25, 0.3) is 11.8 Å². The second kappa shape index (κ2) is 10.4. The Morgan fingerprint density at radius 3 is 2.26 bits per heavy atom. The van der Waals surface area contributed by atoms with E-state index in [0.29, 0.717) is 23.4 Å². The zero-order valence-corrected chi connectivity index (χ0v) is 17.5. The van der Waals surface area contributed by atoms with Gasteiger partial charge in [0.2, 0.25) is 0 Å². The molecule has 0 radical (unpaired) electrons. The first kappa shape index (κ1) is 22.0. The van der Waals surface area contributed by atoms with Crippen molar-refractivity contribution < 1.29 is 18.7 Å². The number of hydrogen-bond donors (Lipinski definition) is 2. The molecule has 3 aromatic carbocycles. The molecule has 0 bridgehead atoms. The van der Waals surface area contributed by atoms with Crippen LogP contribution in [-0.4, -0.2) is 17.9 Å². The van der Waals surface area contributed by atoms with Crippen molar-refractivity contribution >= 4 is 17.5 Å². The van der Waals surface area contributed by atoms with Crippen molar-refractivity contribution in [2.45, 2.75) is 32.4 Å². The molecule has 5 nitrogen and oxygen atoms in total. The van der Waals surface area contributed by atoms with Crippen molar-refractivity contribution in [3.05, 3.63) is 95.8 Å². The maximum Gasteiger partial charge on any atom is 0.265 e. The van der Waals surface area contributed by atoms with E-state index in [-0.39, 0.29) is 23.7 Å². The summed E-state index contributed by atoms with van der Waals surface area (Å²) in [6.45, 7) is 3.71. The molecule has 0 aliphatic rings. The van der Waals surface area contributed by atoms with Gasteiger partial charge in [0.1, 0.15) is 11.6 Å². The zero-order valence-electron chi connectivity index (χ0n) is 17.5. The van der Waals surface area contributed by atoms with Crippen LogP contribution in [-0.2, 0) is 4.79 Å². The van der Waals surface area contributed by atoms with Crippen molar-refractivity contribution in [1.82, 2.24) is 5.32 Å². The first-order valence-electron chi connectivity index (χ1n) is 10.2. The summed E-state index contributed by atoms with van der Waals surface area (Å²) in [5.74, 6) is -0.663. The lowest BCUT2D eigenvalue weighted by Gasteiger charge is -2.19. The molecule has 0 aliphatic carbocycles. The summed E-state index contributed by atoms with van der Waals surface area (Å²) in [6, 6.07) is 21.7. The zero-order chi connectivity index (χ0) is 22.2. The molecule has 0 saturated carbocycles. The first-order chi connectivity index (χ1) is 15.0. The highest BCUT2D eigenvalue weighted by Gasteiger charge is 2.21. The van der Waals surface area contributed by atoms with E-state index in [9.17, 15) is 14.0 Å². The number of amides is 2. The third kappa shape index (κ3) is 5.92. The summed E-state index contributed by atoms with van der Waals surface area (Å²) in [5.41, 5.74) is 1.73. The molecule has 160 valence electrons. The second-order valence-corrected chi connectivity index (χ2v) is 7.11. The molecule has 0 unspecified atom stereocenters. The SMILES string of the molecule is CC[C@H](Oc1ccc(F)cc1)C(=O)Nc1ccccc1C(=O)N[C@@H](C)c1ccccc1. The molecule has 0 heterocycles. The van der Waals surface area contributed by atoms with Gasteiger partial charge in [-0.15, -0.1) is 0 Å². The smallest absolute Gasteiger partial charge is 0.265 e. The molecule has 6 heteroatoms. The van der Waals surface area contributed by atoms with Crippen LogP contribution in [0.15, 0.2) is 78.9 Å². The second-order valence-electron chi connectivity index (χ2n) is 7.11. The standard InChI is InChI=1S/C25H25FN2O3/c1-3-23(31-20-15-13-19(26)14-16-20)25(30)28-22-12-8-7-11-21(22)24(29)27-17(2)18-9-5-4-6-10-18/h4-17,23H,3H2,1-2H3,(H,27,29)(H,28,30)/t17-,23-/m0/s1. The van der Waals surface area contributed by atoms with E-state index in [0.717, 1.165) is 5.56 Å². The highest BCUT2D eigenvalue weighted by molar-refractivity contribution is 6.04. The monoisotopic (exact) mass is 420 g/mol. The fourth-order valence-corrected chi connectivity index (χ4v) is 3.10. The Balaban J connectivity index is 1.70. The number of benzene rings is 3. The number of ether oxygens (including phenoxy) is 1. The highest BCUT2D eigenvalue weighted by Crippen LogP contribution is 2.20. The largest absolute Gasteiger partial charge is 0.481 e. The van der Waals surface area contributed by atoms with Crippen LogP contribution in [0.1, 0.15) is 42.2 Å². The molecule has 2 amide bonds. The summed E-state index contributed by atoms with van der Waals surface area (Å²) >= 11 is 0. The maximum atomic E-state index is 13.1. The van der Waals surface area contributed by atoms with E-state index < -0.39 is 6.10 Å². The fourth-order valence-electron chi connectivity index (χ4n) is 3.10. The number of nitrogens with one attached hydrogen (secondary N) is 2. The predicted molar refractivity (Wildman–Crippen MR) is 119 cm³/mol. The molecular weight excluding hydrogens is 395 g/mol. The predicted octanol–water partition coefficient (Wildman–Crippen LogP) is 5.11. The molecular formula is C25H25FN2O3. The van der Waals surface area contributed by atoms with Gasteiger partial charge < -0.3 is 15.4 Å². The Bertz CT molecular complexity index is 1020. The molecule has 3 rings (SSSR count). The van der Waals surface area contributed by atoms with Gasteiger partial charge in [-0.3, -0.25) is 9.59 Å². The van der Waals surface area contributed by atoms with Crippen LogP contribution in [0.4, 0.5) is 10.1 Å². The summed E-state index contributed by atoms with van der Waals surface area (Å²) in [4.78, 5) is 25.7. The average Bonchev–Trinajstić information content (AvgIpc) is 2.79. The van der Waals surface area contributed by atoms with Gasteiger partial charge in [0.05, 0.1) is 17.3 Å². The molecule has 0 aromatic heterocycles. The molecule has 31 heavy (non-hydrogen) atoms. The van der Waals surface area contributed by atoms with Crippen LogP contribution in [0, 0.1) is 5.82 Å². The van der Waals surface area contributed by atoms with E-state index in [1.807, 2.05) is 44.2 Å². The molecule has 2 atom stereocenters. The Hall–Kier alpha value is -3.67. The topological polar surface area (TPSA) is 67.4 Å². The Morgan fingerprint density at radius 1 is 0.935 bits per heavy atom. The van der Waals surface area contributed by atoms with Crippen molar-refractivity contribution in [1.29, 1.82) is 0 Å². The summed E-state index contributed by atoms with van der Waals surface area (Å²) in [6.07, 6.45) is -0.382. The van der Waals surface area contributed by atoms with Crippen LogP contribution in [0.3, 0.4) is 0 Å². The van der Waals surface area contributed by atoms with Gasteiger partial charge in [-0.1, -0.05) is 49.4 Å². The molecule has 3 aromatic rings. The van der Waals surface area contributed by atoms with Crippen LogP contribution in [0.2, 0.25) is 0 Å². The number of hydrogen-bond acceptors (Lipinski definition) is 3. The minimum Gasteiger partial charge on any atom is -0.481 e. The Kier molecular flexibility index (Phi) is 7.38. The Morgan fingerprint density at radius 2 is 1.58 bits per heavy atom. The van der Waals surface area contributed by atoms with E-state index in [1.165, 1.54) is 24.3 Å². The first-order valence-corrected chi connectivity index (χ1v) is 10.2. The lowest BCUT2D eigenvalue weighted by Crippen LogP contribution is -2.34. The average molecular weight is 420 g/mol. The Labute approximate surface area is 181 Å². The lowest BCUT2D eigenvalue weighted by molar-refractivity contribution is -0.122. The van der Waals surface area contributed by atoms with Crippen LogP contribution in [0.5, 0.6) is 5.75 Å². The van der Waals surface area contributed by atoms with Crippen LogP contribution < -0.4 is 15.4 Å². The molecule has 0 aliphatic heterocycles. The number of para-hydroxylation sites is 1. The number of halogens is 1. The summed E-state index contributed by atoms with van der Waals surface area (Å²) in [7, 11) is 0. The summed E-state index contributed by atoms with van der Waals surface area (Å²) < 4.78 is 18.8.